The van der Waals surface area contributed by atoms with Crippen LogP contribution in [0.1, 0.15) is 32.6 Å². The van der Waals surface area contributed by atoms with Gasteiger partial charge in [-0.15, -0.1) is 0 Å². The highest BCUT2D eigenvalue weighted by molar-refractivity contribution is 8.00. The normalized spacial score (nSPS) is 18.8. The molecular formula is C15H31NO3S. The van der Waals surface area contributed by atoms with Gasteiger partial charge < -0.3 is 19.5 Å². The predicted molar refractivity (Wildman–Crippen MR) is 85.7 cm³/mol. The van der Waals surface area contributed by atoms with E-state index in [0.29, 0.717) is 26.4 Å². The molecule has 0 bridgehead atoms. The Bertz CT molecular complexity index is 202. The SMILES string of the molecule is CCCCOCCOCCOCCNCC1CCCS1. The van der Waals surface area contributed by atoms with E-state index in [9.17, 15) is 0 Å². The van der Waals surface area contributed by atoms with Gasteiger partial charge in [0.25, 0.3) is 0 Å². The molecule has 5 heteroatoms. The minimum atomic E-state index is 0.662. The Balaban J connectivity index is 1.66. The van der Waals surface area contributed by atoms with Crippen LogP contribution in [-0.4, -0.2) is 63.7 Å². The smallest absolute Gasteiger partial charge is 0.0701 e. The fourth-order valence-corrected chi connectivity index (χ4v) is 3.24. The highest BCUT2D eigenvalue weighted by atomic mass is 32.2. The van der Waals surface area contributed by atoms with Gasteiger partial charge in [0.05, 0.1) is 33.0 Å². The van der Waals surface area contributed by atoms with Crippen molar-refractivity contribution in [2.24, 2.45) is 0 Å². The second-order valence-corrected chi connectivity index (χ2v) is 6.44. The van der Waals surface area contributed by atoms with Crippen LogP contribution in [-0.2, 0) is 14.2 Å². The number of unbranched alkanes of at least 4 members (excludes halogenated alkanes) is 1. The third kappa shape index (κ3) is 10.9. The molecule has 0 amide bonds. The number of hydrogen-bond acceptors (Lipinski definition) is 5. The maximum absolute atomic E-state index is 5.51. The van der Waals surface area contributed by atoms with E-state index in [1.54, 1.807) is 0 Å². The van der Waals surface area contributed by atoms with Gasteiger partial charge in [-0.3, -0.25) is 0 Å². The molecule has 20 heavy (non-hydrogen) atoms. The van der Waals surface area contributed by atoms with Gasteiger partial charge in [-0.25, -0.2) is 0 Å². The van der Waals surface area contributed by atoms with Crippen LogP contribution < -0.4 is 5.32 Å². The molecule has 120 valence electrons. The lowest BCUT2D eigenvalue weighted by Gasteiger charge is -2.10. The van der Waals surface area contributed by atoms with Crippen LogP contribution in [0.2, 0.25) is 0 Å². The van der Waals surface area contributed by atoms with E-state index in [1.807, 2.05) is 0 Å². The maximum atomic E-state index is 5.51. The van der Waals surface area contributed by atoms with Crippen molar-refractivity contribution in [1.82, 2.24) is 5.32 Å². The summed E-state index contributed by atoms with van der Waals surface area (Å²) >= 11 is 2.09. The molecule has 1 unspecified atom stereocenters. The highest BCUT2D eigenvalue weighted by Crippen LogP contribution is 2.24. The highest BCUT2D eigenvalue weighted by Gasteiger charge is 2.14. The molecule has 0 aromatic carbocycles. The van der Waals surface area contributed by atoms with E-state index in [0.717, 1.165) is 38.0 Å². The Morgan fingerprint density at radius 2 is 1.70 bits per heavy atom. The number of thioether (sulfide) groups is 1. The van der Waals surface area contributed by atoms with Crippen molar-refractivity contribution < 1.29 is 14.2 Å². The summed E-state index contributed by atoms with van der Waals surface area (Å²) in [6.07, 6.45) is 5.07. The predicted octanol–water partition coefficient (Wildman–Crippen LogP) is 2.32. The molecule has 1 atom stereocenters. The van der Waals surface area contributed by atoms with Crippen molar-refractivity contribution in [2.45, 2.75) is 37.9 Å². The number of hydrogen-bond donors (Lipinski definition) is 1. The van der Waals surface area contributed by atoms with E-state index in [1.165, 1.54) is 25.0 Å². The quantitative estimate of drug-likeness (QED) is 0.499. The van der Waals surface area contributed by atoms with Gasteiger partial charge in [0, 0.05) is 24.9 Å². The van der Waals surface area contributed by atoms with Crippen LogP contribution in [0.5, 0.6) is 0 Å². The number of rotatable bonds is 14. The topological polar surface area (TPSA) is 39.7 Å². The molecule has 1 fully saturated rings. The Morgan fingerprint density at radius 1 is 1.00 bits per heavy atom. The fraction of sp³-hybridized carbons (Fsp3) is 1.00. The third-order valence-electron chi connectivity index (χ3n) is 3.21. The zero-order chi connectivity index (χ0) is 14.3. The largest absolute Gasteiger partial charge is 0.379 e. The van der Waals surface area contributed by atoms with Crippen LogP contribution in [0.25, 0.3) is 0 Å². The summed E-state index contributed by atoms with van der Waals surface area (Å²) in [5.74, 6) is 1.34. The molecule has 1 N–H and O–H groups in total. The summed E-state index contributed by atoms with van der Waals surface area (Å²) in [5.41, 5.74) is 0. The van der Waals surface area contributed by atoms with Crippen LogP contribution >= 0.6 is 11.8 Å². The van der Waals surface area contributed by atoms with Gasteiger partial charge in [0.2, 0.25) is 0 Å². The number of ether oxygens (including phenoxy) is 3. The van der Waals surface area contributed by atoms with E-state index in [4.69, 9.17) is 14.2 Å². The zero-order valence-corrected chi connectivity index (χ0v) is 13.7. The zero-order valence-electron chi connectivity index (χ0n) is 12.9. The lowest BCUT2D eigenvalue weighted by atomic mass is 10.2. The second-order valence-electron chi connectivity index (χ2n) is 5.03. The molecule has 1 heterocycles. The monoisotopic (exact) mass is 305 g/mol. The molecule has 1 rings (SSSR count). The maximum Gasteiger partial charge on any atom is 0.0701 e. The lowest BCUT2D eigenvalue weighted by molar-refractivity contribution is 0.0147. The van der Waals surface area contributed by atoms with E-state index in [2.05, 4.69) is 24.0 Å². The molecule has 0 aliphatic carbocycles. The van der Waals surface area contributed by atoms with Crippen LogP contribution in [0.15, 0.2) is 0 Å². The third-order valence-corrected chi connectivity index (χ3v) is 4.60. The van der Waals surface area contributed by atoms with Crippen LogP contribution in [0.4, 0.5) is 0 Å². The van der Waals surface area contributed by atoms with Crippen molar-refractivity contribution in [3.05, 3.63) is 0 Å². The Labute approximate surface area is 128 Å². The van der Waals surface area contributed by atoms with Crippen molar-refractivity contribution >= 4 is 11.8 Å². The first-order valence-electron chi connectivity index (χ1n) is 7.99. The summed E-state index contributed by atoms with van der Waals surface area (Å²) in [4.78, 5) is 0. The Morgan fingerprint density at radius 3 is 2.35 bits per heavy atom. The van der Waals surface area contributed by atoms with Crippen molar-refractivity contribution in [3.63, 3.8) is 0 Å². The standard InChI is InChI=1S/C15H31NO3S/c1-2-3-7-17-9-11-19-12-10-18-8-6-16-14-15-5-4-13-20-15/h15-16H,2-14H2,1H3. The van der Waals surface area contributed by atoms with Gasteiger partial charge in [-0.1, -0.05) is 13.3 Å². The Kier molecular flexibility index (Phi) is 12.9. The average molecular weight is 305 g/mol. The molecule has 0 aromatic heterocycles. The van der Waals surface area contributed by atoms with Crippen molar-refractivity contribution in [1.29, 1.82) is 0 Å². The van der Waals surface area contributed by atoms with E-state index in [-0.39, 0.29) is 0 Å². The van der Waals surface area contributed by atoms with Crippen molar-refractivity contribution in [3.8, 4) is 0 Å². The first-order chi connectivity index (χ1) is 9.93. The first kappa shape index (κ1) is 18.2. The number of nitrogens with one attached hydrogen (secondary N) is 1. The van der Waals surface area contributed by atoms with E-state index >= 15 is 0 Å². The van der Waals surface area contributed by atoms with Gasteiger partial charge >= 0.3 is 0 Å². The fourth-order valence-electron chi connectivity index (χ4n) is 2.00. The second kappa shape index (κ2) is 14.1. The summed E-state index contributed by atoms with van der Waals surface area (Å²) in [6, 6.07) is 0. The summed E-state index contributed by atoms with van der Waals surface area (Å²) in [5, 5.41) is 4.28. The minimum absolute atomic E-state index is 0.662. The van der Waals surface area contributed by atoms with Gasteiger partial charge in [-0.05, 0) is 25.0 Å². The summed E-state index contributed by atoms with van der Waals surface area (Å²) < 4.78 is 16.3. The van der Waals surface area contributed by atoms with Crippen LogP contribution in [0.3, 0.4) is 0 Å². The molecular weight excluding hydrogens is 274 g/mol. The lowest BCUT2D eigenvalue weighted by Crippen LogP contribution is -2.27. The van der Waals surface area contributed by atoms with Gasteiger partial charge in [-0.2, -0.15) is 11.8 Å². The molecule has 1 saturated heterocycles. The molecule has 0 radical (unpaired) electrons. The molecule has 1 aliphatic heterocycles. The summed E-state index contributed by atoms with van der Waals surface area (Å²) in [7, 11) is 0. The summed E-state index contributed by atoms with van der Waals surface area (Å²) in [6.45, 7) is 8.56. The molecule has 1 aliphatic rings. The molecule has 0 spiro atoms. The van der Waals surface area contributed by atoms with Crippen LogP contribution in [0, 0.1) is 0 Å². The Hall–Kier alpha value is 0.190. The van der Waals surface area contributed by atoms with Crippen molar-refractivity contribution in [2.75, 3.05) is 58.5 Å². The molecule has 0 aromatic rings. The average Bonchev–Trinajstić information content (AvgIpc) is 2.97. The molecule has 0 saturated carbocycles. The first-order valence-corrected chi connectivity index (χ1v) is 9.04. The van der Waals surface area contributed by atoms with Gasteiger partial charge in [0.15, 0.2) is 0 Å². The van der Waals surface area contributed by atoms with E-state index < -0.39 is 0 Å². The van der Waals surface area contributed by atoms with Gasteiger partial charge in [0.1, 0.15) is 0 Å². The molecule has 4 nitrogen and oxygen atoms in total. The minimum Gasteiger partial charge on any atom is -0.379 e.